The third-order valence-electron chi connectivity index (χ3n) is 3.51. The minimum Gasteiger partial charge on any atom is -0.396 e. The zero-order valence-corrected chi connectivity index (χ0v) is 12.0. The Hall–Kier alpha value is -1.65. The second kappa shape index (κ2) is 7.82. The second-order valence-corrected chi connectivity index (χ2v) is 4.95. The zero-order chi connectivity index (χ0) is 14.2. The van der Waals surface area contributed by atoms with Crippen LogP contribution in [0.25, 0.3) is 0 Å². The first-order valence-corrected chi connectivity index (χ1v) is 7.18. The molecule has 0 fully saturated rings. The molecule has 1 unspecified atom stereocenters. The van der Waals surface area contributed by atoms with Crippen LogP contribution in [0.15, 0.2) is 42.7 Å². The van der Waals surface area contributed by atoms with Crippen LogP contribution in [0.3, 0.4) is 0 Å². The summed E-state index contributed by atoms with van der Waals surface area (Å²) in [6, 6.07) is 10.5. The van der Waals surface area contributed by atoms with Crippen molar-refractivity contribution in [3.8, 4) is 0 Å². The predicted octanol–water partition coefficient (Wildman–Crippen LogP) is 2.29. The van der Waals surface area contributed by atoms with E-state index in [2.05, 4.69) is 27.0 Å². The molecule has 0 saturated heterocycles. The van der Waals surface area contributed by atoms with E-state index in [-0.39, 0.29) is 12.6 Å². The van der Waals surface area contributed by atoms with E-state index in [0.717, 1.165) is 31.8 Å². The van der Waals surface area contributed by atoms with Gasteiger partial charge in [-0.2, -0.15) is 0 Å². The molecule has 0 amide bonds. The summed E-state index contributed by atoms with van der Waals surface area (Å²) in [5.74, 6) is 1.06. The minimum absolute atomic E-state index is 0.202. The van der Waals surface area contributed by atoms with Crippen LogP contribution in [-0.2, 0) is 6.54 Å². The number of aliphatic hydroxyl groups excluding tert-OH is 1. The van der Waals surface area contributed by atoms with Crippen molar-refractivity contribution in [2.24, 2.45) is 0 Å². The standard InChI is InChI=1S/C16H23N3O/c1-14-17-10-12-19(14)11-5-9-18-16(8-13-20)15-6-3-2-4-7-15/h2-4,6-7,10,12,16,18,20H,5,8-9,11,13H2,1H3. The van der Waals surface area contributed by atoms with Crippen LogP contribution < -0.4 is 5.32 Å². The fraction of sp³-hybridized carbons (Fsp3) is 0.438. The molecule has 0 aliphatic heterocycles. The molecule has 20 heavy (non-hydrogen) atoms. The lowest BCUT2D eigenvalue weighted by molar-refractivity contribution is 0.265. The first-order valence-electron chi connectivity index (χ1n) is 7.18. The van der Waals surface area contributed by atoms with Gasteiger partial charge in [0, 0.05) is 31.6 Å². The summed E-state index contributed by atoms with van der Waals surface area (Å²) < 4.78 is 2.16. The summed E-state index contributed by atoms with van der Waals surface area (Å²) >= 11 is 0. The predicted molar refractivity (Wildman–Crippen MR) is 80.5 cm³/mol. The van der Waals surface area contributed by atoms with Gasteiger partial charge in [0.05, 0.1) is 0 Å². The van der Waals surface area contributed by atoms with Crippen molar-refractivity contribution < 1.29 is 5.11 Å². The second-order valence-electron chi connectivity index (χ2n) is 4.95. The Bertz CT molecular complexity index is 495. The fourth-order valence-corrected chi connectivity index (χ4v) is 2.37. The van der Waals surface area contributed by atoms with Gasteiger partial charge in [0.2, 0.25) is 0 Å². The van der Waals surface area contributed by atoms with E-state index in [1.807, 2.05) is 37.5 Å². The number of aliphatic hydroxyl groups is 1. The molecule has 0 spiro atoms. The van der Waals surface area contributed by atoms with Crippen molar-refractivity contribution >= 4 is 0 Å². The van der Waals surface area contributed by atoms with Gasteiger partial charge in [-0.15, -0.1) is 0 Å². The van der Waals surface area contributed by atoms with Gasteiger partial charge in [0.1, 0.15) is 5.82 Å². The van der Waals surface area contributed by atoms with Gasteiger partial charge in [0.15, 0.2) is 0 Å². The molecule has 2 N–H and O–H groups in total. The largest absolute Gasteiger partial charge is 0.396 e. The molecule has 0 bridgehead atoms. The highest BCUT2D eigenvalue weighted by Gasteiger charge is 2.09. The molecule has 1 heterocycles. The molecule has 1 aromatic carbocycles. The van der Waals surface area contributed by atoms with Gasteiger partial charge < -0.3 is 15.0 Å². The van der Waals surface area contributed by atoms with Crippen LogP contribution in [0.4, 0.5) is 0 Å². The van der Waals surface area contributed by atoms with E-state index in [0.29, 0.717) is 0 Å². The zero-order valence-electron chi connectivity index (χ0n) is 12.0. The van der Waals surface area contributed by atoms with Gasteiger partial charge in [-0.25, -0.2) is 4.98 Å². The van der Waals surface area contributed by atoms with Gasteiger partial charge in [-0.05, 0) is 31.9 Å². The Balaban J connectivity index is 1.79. The lowest BCUT2D eigenvalue weighted by atomic mass is 10.0. The van der Waals surface area contributed by atoms with E-state index >= 15 is 0 Å². The molecule has 1 atom stereocenters. The highest BCUT2D eigenvalue weighted by Crippen LogP contribution is 2.15. The Morgan fingerprint density at radius 2 is 2.10 bits per heavy atom. The van der Waals surface area contributed by atoms with Gasteiger partial charge in [0.25, 0.3) is 0 Å². The van der Waals surface area contributed by atoms with Crippen LogP contribution in [0.5, 0.6) is 0 Å². The molecular weight excluding hydrogens is 250 g/mol. The Morgan fingerprint density at radius 1 is 1.30 bits per heavy atom. The smallest absolute Gasteiger partial charge is 0.105 e. The number of nitrogens with zero attached hydrogens (tertiary/aromatic N) is 2. The minimum atomic E-state index is 0.202. The molecule has 2 rings (SSSR count). The average molecular weight is 273 g/mol. The van der Waals surface area contributed by atoms with Gasteiger partial charge in [-0.1, -0.05) is 30.3 Å². The maximum atomic E-state index is 9.19. The van der Waals surface area contributed by atoms with Crippen molar-refractivity contribution in [2.75, 3.05) is 13.2 Å². The number of rotatable bonds is 8. The highest BCUT2D eigenvalue weighted by molar-refractivity contribution is 5.18. The molecule has 1 aromatic heterocycles. The number of hydrogen-bond donors (Lipinski definition) is 2. The average Bonchev–Trinajstić information content (AvgIpc) is 2.89. The lowest BCUT2D eigenvalue weighted by Gasteiger charge is -2.18. The summed E-state index contributed by atoms with van der Waals surface area (Å²) in [4.78, 5) is 4.22. The van der Waals surface area contributed by atoms with Crippen LogP contribution in [-0.4, -0.2) is 27.8 Å². The van der Waals surface area contributed by atoms with E-state index in [1.165, 1.54) is 5.56 Å². The first kappa shape index (κ1) is 14.8. The fourth-order valence-electron chi connectivity index (χ4n) is 2.37. The van der Waals surface area contributed by atoms with E-state index in [4.69, 9.17) is 0 Å². The van der Waals surface area contributed by atoms with E-state index in [1.54, 1.807) is 0 Å². The summed E-state index contributed by atoms with van der Waals surface area (Å²) in [5, 5.41) is 12.7. The van der Waals surface area contributed by atoms with Crippen molar-refractivity contribution in [1.29, 1.82) is 0 Å². The van der Waals surface area contributed by atoms with Crippen molar-refractivity contribution in [2.45, 2.75) is 32.4 Å². The van der Waals surface area contributed by atoms with Gasteiger partial charge >= 0.3 is 0 Å². The van der Waals surface area contributed by atoms with Crippen LogP contribution in [0.1, 0.15) is 30.3 Å². The third-order valence-corrected chi connectivity index (χ3v) is 3.51. The number of aromatic nitrogens is 2. The molecular formula is C16H23N3O. The third kappa shape index (κ3) is 4.18. The topological polar surface area (TPSA) is 50.1 Å². The SMILES string of the molecule is Cc1nccn1CCCNC(CCO)c1ccccc1. The molecule has 4 heteroatoms. The highest BCUT2D eigenvalue weighted by atomic mass is 16.3. The molecule has 2 aromatic rings. The number of benzene rings is 1. The quantitative estimate of drug-likeness (QED) is 0.726. The maximum absolute atomic E-state index is 9.19. The van der Waals surface area contributed by atoms with Crippen molar-refractivity contribution in [1.82, 2.24) is 14.9 Å². The number of aryl methyl sites for hydroxylation is 2. The maximum Gasteiger partial charge on any atom is 0.105 e. The molecule has 0 radical (unpaired) electrons. The van der Waals surface area contributed by atoms with Crippen molar-refractivity contribution in [3.05, 3.63) is 54.1 Å². The van der Waals surface area contributed by atoms with Crippen LogP contribution in [0, 0.1) is 6.92 Å². The lowest BCUT2D eigenvalue weighted by Crippen LogP contribution is -2.24. The molecule has 4 nitrogen and oxygen atoms in total. The van der Waals surface area contributed by atoms with Crippen molar-refractivity contribution in [3.63, 3.8) is 0 Å². The number of hydrogen-bond acceptors (Lipinski definition) is 3. The first-order chi connectivity index (χ1) is 9.81. The summed E-state index contributed by atoms with van der Waals surface area (Å²) in [7, 11) is 0. The van der Waals surface area contributed by atoms with E-state index < -0.39 is 0 Å². The van der Waals surface area contributed by atoms with Crippen LogP contribution in [0.2, 0.25) is 0 Å². The number of imidazole rings is 1. The summed E-state index contributed by atoms with van der Waals surface area (Å²) in [6.45, 7) is 4.12. The Morgan fingerprint density at radius 3 is 2.75 bits per heavy atom. The number of nitrogens with one attached hydrogen (secondary N) is 1. The summed E-state index contributed by atoms with van der Waals surface area (Å²) in [6.07, 6.45) is 5.64. The molecule has 108 valence electrons. The van der Waals surface area contributed by atoms with Gasteiger partial charge in [-0.3, -0.25) is 0 Å². The Kier molecular flexibility index (Phi) is 5.77. The molecule has 0 aliphatic rings. The molecule has 0 saturated carbocycles. The van der Waals surface area contributed by atoms with Crippen LogP contribution >= 0.6 is 0 Å². The molecule has 0 aliphatic carbocycles. The monoisotopic (exact) mass is 273 g/mol. The van der Waals surface area contributed by atoms with E-state index in [9.17, 15) is 5.11 Å². The normalized spacial score (nSPS) is 12.5. The Labute approximate surface area is 120 Å². The summed E-state index contributed by atoms with van der Waals surface area (Å²) in [5.41, 5.74) is 1.24.